The fourth-order valence-electron chi connectivity index (χ4n) is 1.69. The molecule has 1 saturated heterocycles. The summed E-state index contributed by atoms with van der Waals surface area (Å²) in [5.74, 6) is 0.784. The summed E-state index contributed by atoms with van der Waals surface area (Å²) in [7, 11) is 0. The molecule has 0 radical (unpaired) electrons. The number of carbonyl (C=O) groups is 1. The van der Waals surface area contributed by atoms with Gasteiger partial charge in [0.1, 0.15) is 0 Å². The number of morpholine rings is 1. The maximum atomic E-state index is 11.4. The van der Waals surface area contributed by atoms with Crippen molar-refractivity contribution in [3.05, 3.63) is 0 Å². The summed E-state index contributed by atoms with van der Waals surface area (Å²) in [6.45, 7) is 9.60. The monoisotopic (exact) mass is 228 g/mol. The largest absolute Gasteiger partial charge is 0.379 e. The van der Waals surface area contributed by atoms with Crippen LogP contribution in [0.15, 0.2) is 0 Å². The lowest BCUT2D eigenvalue weighted by atomic mass is 10.1. The fraction of sp³-hybridized carbons (Fsp3) is 0.917. The minimum absolute atomic E-state index is 0.182. The van der Waals surface area contributed by atoms with Crippen LogP contribution in [0, 0.1) is 5.92 Å². The Kier molecular flexibility index (Phi) is 6.42. The molecule has 1 heterocycles. The van der Waals surface area contributed by atoms with Crippen molar-refractivity contribution in [3.8, 4) is 0 Å². The fourth-order valence-corrected chi connectivity index (χ4v) is 1.69. The summed E-state index contributed by atoms with van der Waals surface area (Å²) >= 11 is 0. The predicted octanol–water partition coefficient (Wildman–Crippen LogP) is 0.871. The standard InChI is InChI=1S/C12H24N2O2/c1-11(2)3-4-12(15)13-5-6-14-7-9-16-10-8-14/h11H,3-10H2,1-2H3,(H,13,15). The summed E-state index contributed by atoms with van der Waals surface area (Å²) < 4.78 is 5.26. The van der Waals surface area contributed by atoms with Crippen molar-refractivity contribution >= 4 is 5.91 Å². The number of nitrogens with one attached hydrogen (secondary N) is 1. The number of hydrogen-bond acceptors (Lipinski definition) is 3. The van der Waals surface area contributed by atoms with Gasteiger partial charge in [0.05, 0.1) is 13.2 Å². The Bertz CT molecular complexity index is 201. The van der Waals surface area contributed by atoms with Crippen molar-refractivity contribution in [2.75, 3.05) is 39.4 Å². The molecule has 0 atom stereocenters. The number of hydrogen-bond donors (Lipinski definition) is 1. The summed E-state index contributed by atoms with van der Waals surface area (Å²) in [6, 6.07) is 0. The zero-order valence-electron chi connectivity index (χ0n) is 10.5. The number of ether oxygens (including phenoxy) is 1. The van der Waals surface area contributed by atoms with Crippen LogP contribution in [0.5, 0.6) is 0 Å². The maximum absolute atomic E-state index is 11.4. The quantitative estimate of drug-likeness (QED) is 0.733. The van der Waals surface area contributed by atoms with Crippen LogP contribution >= 0.6 is 0 Å². The van der Waals surface area contributed by atoms with E-state index < -0.39 is 0 Å². The van der Waals surface area contributed by atoms with Gasteiger partial charge in [0.2, 0.25) is 5.91 Å². The zero-order valence-corrected chi connectivity index (χ0v) is 10.5. The van der Waals surface area contributed by atoms with Gasteiger partial charge in [-0.3, -0.25) is 9.69 Å². The molecule has 1 rings (SSSR count). The topological polar surface area (TPSA) is 41.6 Å². The van der Waals surface area contributed by atoms with Crippen molar-refractivity contribution in [1.29, 1.82) is 0 Å². The molecule has 0 aliphatic carbocycles. The van der Waals surface area contributed by atoms with E-state index in [1.165, 1.54) is 0 Å². The van der Waals surface area contributed by atoms with Crippen LogP contribution in [0.25, 0.3) is 0 Å². The van der Waals surface area contributed by atoms with Crippen LogP contribution in [-0.2, 0) is 9.53 Å². The van der Waals surface area contributed by atoms with E-state index in [9.17, 15) is 4.79 Å². The molecule has 0 spiro atoms. The van der Waals surface area contributed by atoms with Gasteiger partial charge in [-0.05, 0) is 12.3 Å². The summed E-state index contributed by atoms with van der Waals surface area (Å²) in [5.41, 5.74) is 0. The lowest BCUT2D eigenvalue weighted by Crippen LogP contribution is -2.41. The molecule has 4 heteroatoms. The highest BCUT2D eigenvalue weighted by molar-refractivity contribution is 5.75. The Balaban J connectivity index is 1.99. The van der Waals surface area contributed by atoms with Crippen molar-refractivity contribution < 1.29 is 9.53 Å². The molecular formula is C12H24N2O2. The first-order valence-electron chi connectivity index (χ1n) is 6.25. The van der Waals surface area contributed by atoms with Gasteiger partial charge in [-0.15, -0.1) is 0 Å². The molecule has 0 aromatic carbocycles. The highest BCUT2D eigenvalue weighted by Crippen LogP contribution is 2.02. The Morgan fingerprint density at radius 3 is 2.69 bits per heavy atom. The molecule has 16 heavy (non-hydrogen) atoms. The first-order valence-corrected chi connectivity index (χ1v) is 6.25. The van der Waals surface area contributed by atoms with Crippen molar-refractivity contribution in [2.24, 2.45) is 5.92 Å². The van der Waals surface area contributed by atoms with Crippen molar-refractivity contribution in [1.82, 2.24) is 10.2 Å². The number of carbonyl (C=O) groups excluding carboxylic acids is 1. The van der Waals surface area contributed by atoms with Crippen LogP contribution in [-0.4, -0.2) is 50.2 Å². The van der Waals surface area contributed by atoms with Gasteiger partial charge in [0.15, 0.2) is 0 Å². The van der Waals surface area contributed by atoms with E-state index in [2.05, 4.69) is 24.1 Å². The van der Waals surface area contributed by atoms with Gasteiger partial charge in [-0.1, -0.05) is 13.8 Å². The number of amides is 1. The summed E-state index contributed by atoms with van der Waals surface area (Å²) in [6.07, 6.45) is 1.63. The smallest absolute Gasteiger partial charge is 0.220 e. The predicted molar refractivity (Wildman–Crippen MR) is 64.3 cm³/mol. The highest BCUT2D eigenvalue weighted by atomic mass is 16.5. The molecule has 1 aliphatic rings. The summed E-state index contributed by atoms with van der Waals surface area (Å²) in [4.78, 5) is 13.8. The maximum Gasteiger partial charge on any atom is 0.220 e. The third-order valence-electron chi connectivity index (χ3n) is 2.80. The molecule has 1 amide bonds. The van der Waals surface area contributed by atoms with E-state index >= 15 is 0 Å². The normalized spacial score (nSPS) is 17.7. The minimum atomic E-state index is 0.182. The van der Waals surface area contributed by atoms with E-state index in [1.54, 1.807) is 0 Å². The lowest BCUT2D eigenvalue weighted by molar-refractivity contribution is -0.121. The number of nitrogens with zero attached hydrogens (tertiary/aromatic N) is 1. The average molecular weight is 228 g/mol. The van der Waals surface area contributed by atoms with E-state index in [4.69, 9.17) is 4.74 Å². The van der Waals surface area contributed by atoms with Crippen LogP contribution in [0.4, 0.5) is 0 Å². The van der Waals surface area contributed by atoms with E-state index in [1.807, 2.05) is 0 Å². The third-order valence-corrected chi connectivity index (χ3v) is 2.80. The molecule has 4 nitrogen and oxygen atoms in total. The summed E-state index contributed by atoms with van der Waals surface area (Å²) in [5, 5.41) is 2.96. The molecule has 0 aromatic heterocycles. The molecule has 1 N–H and O–H groups in total. The second-order valence-corrected chi connectivity index (χ2v) is 4.74. The molecule has 0 saturated carbocycles. The van der Waals surface area contributed by atoms with Gasteiger partial charge >= 0.3 is 0 Å². The number of rotatable bonds is 6. The molecular weight excluding hydrogens is 204 g/mol. The van der Waals surface area contributed by atoms with Crippen LogP contribution in [0.2, 0.25) is 0 Å². The van der Waals surface area contributed by atoms with E-state index in [-0.39, 0.29) is 5.91 Å². The lowest BCUT2D eigenvalue weighted by Gasteiger charge is -2.26. The van der Waals surface area contributed by atoms with Gasteiger partial charge < -0.3 is 10.1 Å². The van der Waals surface area contributed by atoms with Crippen LogP contribution in [0.1, 0.15) is 26.7 Å². The van der Waals surface area contributed by atoms with Crippen molar-refractivity contribution in [3.63, 3.8) is 0 Å². The Hall–Kier alpha value is -0.610. The Morgan fingerprint density at radius 2 is 2.06 bits per heavy atom. The minimum Gasteiger partial charge on any atom is -0.379 e. The van der Waals surface area contributed by atoms with Gasteiger partial charge in [-0.2, -0.15) is 0 Å². The first kappa shape index (κ1) is 13.5. The van der Waals surface area contributed by atoms with E-state index in [0.717, 1.165) is 45.8 Å². The average Bonchev–Trinajstić information content (AvgIpc) is 2.28. The molecule has 0 bridgehead atoms. The molecule has 0 aromatic rings. The molecule has 0 unspecified atom stereocenters. The van der Waals surface area contributed by atoms with Crippen LogP contribution < -0.4 is 5.32 Å². The molecule has 1 fully saturated rings. The third kappa shape index (κ3) is 6.08. The second-order valence-electron chi connectivity index (χ2n) is 4.74. The van der Waals surface area contributed by atoms with Gasteiger partial charge in [0, 0.05) is 32.6 Å². The Morgan fingerprint density at radius 1 is 1.38 bits per heavy atom. The second kappa shape index (κ2) is 7.63. The zero-order chi connectivity index (χ0) is 11.8. The van der Waals surface area contributed by atoms with Gasteiger partial charge in [0.25, 0.3) is 0 Å². The Labute approximate surface area is 98.3 Å². The van der Waals surface area contributed by atoms with Gasteiger partial charge in [-0.25, -0.2) is 0 Å². The van der Waals surface area contributed by atoms with Crippen LogP contribution in [0.3, 0.4) is 0 Å². The molecule has 94 valence electrons. The highest BCUT2D eigenvalue weighted by Gasteiger charge is 2.10. The van der Waals surface area contributed by atoms with Crippen molar-refractivity contribution in [2.45, 2.75) is 26.7 Å². The van der Waals surface area contributed by atoms with E-state index in [0.29, 0.717) is 12.3 Å². The SMILES string of the molecule is CC(C)CCC(=O)NCCN1CCOCC1. The molecule has 1 aliphatic heterocycles. The first-order chi connectivity index (χ1) is 7.68.